The van der Waals surface area contributed by atoms with E-state index in [0.29, 0.717) is 6.54 Å². The molecular weight excluding hydrogens is 270 g/mol. The predicted octanol–water partition coefficient (Wildman–Crippen LogP) is 3.33. The number of benzene rings is 1. The maximum atomic E-state index is 13.7. The molecule has 2 fully saturated rings. The topological polar surface area (TPSA) is 29.3 Å². The predicted molar refractivity (Wildman–Crippen MR) is 79.7 cm³/mol. The van der Waals surface area contributed by atoms with E-state index in [4.69, 9.17) is 5.73 Å². The van der Waals surface area contributed by atoms with Crippen molar-refractivity contribution < 1.29 is 8.78 Å². The summed E-state index contributed by atoms with van der Waals surface area (Å²) in [5.74, 6) is 1.72. The van der Waals surface area contributed by atoms with Crippen molar-refractivity contribution in [2.45, 2.75) is 31.7 Å². The van der Waals surface area contributed by atoms with Gasteiger partial charge in [-0.2, -0.15) is 0 Å². The molecule has 21 heavy (non-hydrogen) atoms. The first-order valence-electron chi connectivity index (χ1n) is 7.92. The maximum absolute atomic E-state index is 13.7. The van der Waals surface area contributed by atoms with Crippen molar-refractivity contribution in [1.82, 2.24) is 4.90 Å². The normalized spacial score (nSPS) is 29.3. The van der Waals surface area contributed by atoms with Crippen LogP contribution in [0, 0.1) is 29.4 Å². The molecule has 0 amide bonds. The molecule has 0 aromatic heterocycles. The summed E-state index contributed by atoms with van der Waals surface area (Å²) in [5.41, 5.74) is 6.34. The highest BCUT2D eigenvalue weighted by molar-refractivity contribution is 5.22. The zero-order valence-corrected chi connectivity index (χ0v) is 12.6. The van der Waals surface area contributed by atoms with Gasteiger partial charge in [-0.1, -0.05) is 6.42 Å². The minimum atomic E-state index is -0.482. The molecule has 1 aromatic rings. The maximum Gasteiger partial charge on any atom is 0.128 e. The van der Waals surface area contributed by atoms with Crippen LogP contribution in [0.2, 0.25) is 0 Å². The van der Waals surface area contributed by atoms with Gasteiger partial charge >= 0.3 is 0 Å². The number of rotatable bonds is 5. The van der Waals surface area contributed by atoms with E-state index in [0.717, 1.165) is 36.4 Å². The van der Waals surface area contributed by atoms with Crippen molar-refractivity contribution in [3.8, 4) is 0 Å². The Labute approximate surface area is 125 Å². The first-order valence-corrected chi connectivity index (χ1v) is 7.92. The van der Waals surface area contributed by atoms with Gasteiger partial charge in [0.25, 0.3) is 0 Å². The Morgan fingerprint density at radius 1 is 1.29 bits per heavy atom. The van der Waals surface area contributed by atoms with E-state index in [-0.39, 0.29) is 5.56 Å². The van der Waals surface area contributed by atoms with E-state index in [1.54, 1.807) is 0 Å². The molecule has 2 N–H and O–H groups in total. The second-order valence-electron chi connectivity index (χ2n) is 6.93. The molecule has 2 saturated carbocycles. The molecule has 2 aliphatic rings. The molecule has 2 bridgehead atoms. The third-order valence-corrected chi connectivity index (χ3v) is 5.30. The molecule has 0 radical (unpaired) electrons. The molecule has 0 aliphatic heterocycles. The SMILES string of the molecule is CN(CC(N)c1cc(F)ccc1F)CC1CC2CCC1C2. The van der Waals surface area contributed by atoms with Crippen molar-refractivity contribution >= 4 is 0 Å². The average molecular weight is 294 g/mol. The lowest BCUT2D eigenvalue weighted by Crippen LogP contribution is -2.34. The summed E-state index contributed by atoms with van der Waals surface area (Å²) >= 11 is 0. The molecule has 0 spiro atoms. The lowest BCUT2D eigenvalue weighted by Gasteiger charge is -2.29. The number of hydrogen-bond donors (Lipinski definition) is 1. The van der Waals surface area contributed by atoms with E-state index in [1.165, 1.54) is 31.7 Å². The molecule has 116 valence electrons. The van der Waals surface area contributed by atoms with Gasteiger partial charge in [-0.05, 0) is 62.3 Å². The van der Waals surface area contributed by atoms with Gasteiger partial charge < -0.3 is 10.6 Å². The quantitative estimate of drug-likeness (QED) is 0.902. The Bertz CT molecular complexity index is 506. The van der Waals surface area contributed by atoms with Crippen molar-refractivity contribution in [3.63, 3.8) is 0 Å². The molecule has 3 rings (SSSR count). The summed E-state index contributed by atoms with van der Waals surface area (Å²) in [6.07, 6.45) is 5.49. The minimum Gasteiger partial charge on any atom is -0.323 e. The van der Waals surface area contributed by atoms with Gasteiger partial charge in [0.1, 0.15) is 11.6 Å². The molecule has 4 unspecified atom stereocenters. The summed E-state index contributed by atoms with van der Waals surface area (Å²) in [7, 11) is 2.03. The van der Waals surface area contributed by atoms with Gasteiger partial charge in [0.2, 0.25) is 0 Å². The van der Waals surface area contributed by atoms with E-state index >= 15 is 0 Å². The summed E-state index contributed by atoms with van der Waals surface area (Å²) in [5, 5.41) is 0. The Balaban J connectivity index is 1.56. The average Bonchev–Trinajstić information content (AvgIpc) is 3.03. The van der Waals surface area contributed by atoms with Crippen LogP contribution in [-0.4, -0.2) is 25.0 Å². The molecular formula is C17H24F2N2. The summed E-state index contributed by atoms with van der Waals surface area (Å²) in [4.78, 5) is 2.18. The van der Waals surface area contributed by atoms with Crippen LogP contribution in [0.3, 0.4) is 0 Å². The minimum absolute atomic E-state index is 0.273. The molecule has 4 heteroatoms. The Morgan fingerprint density at radius 3 is 2.76 bits per heavy atom. The van der Waals surface area contributed by atoms with Crippen LogP contribution in [0.4, 0.5) is 8.78 Å². The molecule has 2 aliphatic carbocycles. The number of halogens is 2. The van der Waals surface area contributed by atoms with Crippen LogP contribution >= 0.6 is 0 Å². The molecule has 4 atom stereocenters. The summed E-state index contributed by atoms with van der Waals surface area (Å²) in [6, 6.07) is 3.01. The number of nitrogens with two attached hydrogens (primary N) is 1. The third-order valence-electron chi connectivity index (χ3n) is 5.30. The number of fused-ring (bicyclic) bond motifs is 2. The van der Waals surface area contributed by atoms with Crippen LogP contribution < -0.4 is 5.73 Å². The van der Waals surface area contributed by atoms with Gasteiger partial charge in [0, 0.05) is 24.7 Å². The number of likely N-dealkylation sites (N-methyl/N-ethyl adjacent to an activating group) is 1. The van der Waals surface area contributed by atoms with Crippen LogP contribution in [0.1, 0.15) is 37.3 Å². The van der Waals surface area contributed by atoms with Crippen LogP contribution in [0.25, 0.3) is 0 Å². The first kappa shape index (κ1) is 14.9. The summed E-state index contributed by atoms with van der Waals surface area (Å²) < 4.78 is 27.0. The van der Waals surface area contributed by atoms with Crippen LogP contribution in [0.5, 0.6) is 0 Å². The smallest absolute Gasteiger partial charge is 0.128 e. The zero-order chi connectivity index (χ0) is 15.0. The fraction of sp³-hybridized carbons (Fsp3) is 0.647. The van der Waals surface area contributed by atoms with Gasteiger partial charge in [0.05, 0.1) is 0 Å². The lowest BCUT2D eigenvalue weighted by atomic mass is 9.88. The monoisotopic (exact) mass is 294 g/mol. The van der Waals surface area contributed by atoms with Gasteiger partial charge in [-0.25, -0.2) is 8.78 Å². The molecule has 0 saturated heterocycles. The zero-order valence-electron chi connectivity index (χ0n) is 12.6. The fourth-order valence-corrected chi connectivity index (χ4v) is 4.31. The van der Waals surface area contributed by atoms with Crippen LogP contribution in [-0.2, 0) is 0 Å². The van der Waals surface area contributed by atoms with E-state index in [2.05, 4.69) is 4.90 Å². The van der Waals surface area contributed by atoms with E-state index < -0.39 is 17.7 Å². The van der Waals surface area contributed by atoms with Crippen molar-refractivity contribution in [1.29, 1.82) is 0 Å². The molecule has 2 nitrogen and oxygen atoms in total. The van der Waals surface area contributed by atoms with Gasteiger partial charge in [0.15, 0.2) is 0 Å². The van der Waals surface area contributed by atoms with Gasteiger partial charge in [-0.15, -0.1) is 0 Å². The number of hydrogen-bond acceptors (Lipinski definition) is 2. The van der Waals surface area contributed by atoms with Crippen molar-refractivity contribution in [2.24, 2.45) is 23.5 Å². The fourth-order valence-electron chi connectivity index (χ4n) is 4.31. The lowest BCUT2D eigenvalue weighted by molar-refractivity contribution is 0.211. The standard InChI is InChI=1S/C17H24F2N2/c1-21(9-13-7-11-2-3-12(13)6-11)10-17(20)15-8-14(18)4-5-16(15)19/h4-5,8,11-13,17H,2-3,6-7,9-10,20H2,1H3. The largest absolute Gasteiger partial charge is 0.323 e. The highest BCUT2D eigenvalue weighted by atomic mass is 19.1. The van der Waals surface area contributed by atoms with E-state index in [9.17, 15) is 8.78 Å². The second-order valence-corrected chi connectivity index (χ2v) is 6.93. The number of nitrogens with zero attached hydrogens (tertiary/aromatic N) is 1. The van der Waals surface area contributed by atoms with E-state index in [1.807, 2.05) is 7.05 Å². The first-order chi connectivity index (χ1) is 10.0. The Kier molecular flexibility index (Phi) is 4.27. The van der Waals surface area contributed by atoms with Crippen molar-refractivity contribution in [2.75, 3.05) is 20.1 Å². The summed E-state index contributed by atoms with van der Waals surface area (Å²) in [6.45, 7) is 1.58. The highest BCUT2D eigenvalue weighted by Gasteiger charge is 2.39. The highest BCUT2D eigenvalue weighted by Crippen LogP contribution is 2.48. The third kappa shape index (κ3) is 3.27. The molecule has 0 heterocycles. The molecule has 1 aromatic carbocycles. The Morgan fingerprint density at radius 2 is 2.10 bits per heavy atom. The van der Waals surface area contributed by atoms with Crippen LogP contribution in [0.15, 0.2) is 18.2 Å². The second kappa shape index (κ2) is 6.01. The Hall–Kier alpha value is -1.00. The van der Waals surface area contributed by atoms with Crippen molar-refractivity contribution in [3.05, 3.63) is 35.4 Å². The van der Waals surface area contributed by atoms with Gasteiger partial charge in [-0.3, -0.25) is 0 Å².